The predicted octanol–water partition coefficient (Wildman–Crippen LogP) is 5.90. The number of alkyl halides is 3. The monoisotopic (exact) mass is 529 g/mol. The Balaban J connectivity index is 1.50. The van der Waals surface area contributed by atoms with Gasteiger partial charge in [0.1, 0.15) is 11.6 Å². The molecule has 3 N–H and O–H groups in total. The van der Waals surface area contributed by atoms with Crippen LogP contribution in [-0.2, 0) is 0 Å². The fourth-order valence-electron chi connectivity index (χ4n) is 4.33. The molecule has 1 saturated carbocycles. The van der Waals surface area contributed by atoms with Crippen LogP contribution in [0, 0.1) is 5.82 Å². The van der Waals surface area contributed by atoms with Gasteiger partial charge in [0.25, 0.3) is 5.91 Å². The molecule has 1 amide bonds. The third-order valence-corrected chi connectivity index (χ3v) is 6.02. The van der Waals surface area contributed by atoms with Crippen molar-refractivity contribution in [2.45, 2.75) is 44.5 Å². The SMILES string of the molecule is O=C(Nc1ccncc1F)c1cnc2c(Nc3cccc(OC(F)(F)F)c3)cc(NC3CCCCC3)nn12. The van der Waals surface area contributed by atoms with Crippen molar-refractivity contribution in [2.75, 3.05) is 16.0 Å². The summed E-state index contributed by atoms with van der Waals surface area (Å²) in [6.45, 7) is 0. The van der Waals surface area contributed by atoms with Crippen LogP contribution in [-0.4, -0.2) is 37.9 Å². The normalized spacial score (nSPS) is 14.3. The lowest BCUT2D eigenvalue weighted by Crippen LogP contribution is -2.24. The number of carbonyl (C=O) groups excluding carboxylic acids is 1. The summed E-state index contributed by atoms with van der Waals surface area (Å²) >= 11 is 0. The number of nitrogens with one attached hydrogen (secondary N) is 3. The van der Waals surface area contributed by atoms with E-state index in [2.05, 4.69) is 35.8 Å². The molecule has 1 aliphatic carbocycles. The minimum atomic E-state index is -4.83. The highest BCUT2D eigenvalue weighted by atomic mass is 19.4. The molecule has 3 aromatic heterocycles. The number of nitrogens with zero attached hydrogens (tertiary/aromatic N) is 4. The summed E-state index contributed by atoms with van der Waals surface area (Å²) in [4.78, 5) is 21.0. The van der Waals surface area contributed by atoms with E-state index in [1.807, 2.05) is 0 Å². The Morgan fingerprint density at radius 2 is 1.87 bits per heavy atom. The Morgan fingerprint density at radius 1 is 1.05 bits per heavy atom. The van der Waals surface area contributed by atoms with Crippen molar-refractivity contribution in [3.63, 3.8) is 0 Å². The molecule has 0 aliphatic heterocycles. The van der Waals surface area contributed by atoms with E-state index < -0.39 is 23.8 Å². The van der Waals surface area contributed by atoms with Crippen molar-refractivity contribution in [1.82, 2.24) is 19.6 Å². The van der Waals surface area contributed by atoms with Gasteiger partial charge in [0, 0.05) is 30.1 Å². The van der Waals surface area contributed by atoms with E-state index in [-0.39, 0.29) is 23.1 Å². The Labute approximate surface area is 214 Å². The number of rotatable bonds is 7. The second kappa shape index (κ2) is 10.5. The molecule has 0 bridgehead atoms. The van der Waals surface area contributed by atoms with E-state index in [9.17, 15) is 22.4 Å². The van der Waals surface area contributed by atoms with Crippen molar-refractivity contribution in [3.8, 4) is 5.75 Å². The molecule has 1 aliphatic rings. The van der Waals surface area contributed by atoms with Gasteiger partial charge < -0.3 is 20.7 Å². The van der Waals surface area contributed by atoms with Crippen molar-refractivity contribution < 1.29 is 27.1 Å². The number of aromatic nitrogens is 4. The van der Waals surface area contributed by atoms with Crippen LogP contribution in [0.25, 0.3) is 5.65 Å². The highest BCUT2D eigenvalue weighted by Gasteiger charge is 2.31. The van der Waals surface area contributed by atoms with Crippen LogP contribution < -0.4 is 20.7 Å². The van der Waals surface area contributed by atoms with E-state index in [1.165, 1.54) is 41.2 Å². The number of hydrogen-bond acceptors (Lipinski definition) is 7. The summed E-state index contributed by atoms with van der Waals surface area (Å²) in [5.74, 6) is -1.31. The average Bonchev–Trinajstić information content (AvgIpc) is 3.30. The highest BCUT2D eigenvalue weighted by molar-refractivity contribution is 6.03. The number of ether oxygens (including phenoxy) is 1. The van der Waals surface area contributed by atoms with Crippen molar-refractivity contribution in [3.05, 3.63) is 66.5 Å². The van der Waals surface area contributed by atoms with Crippen molar-refractivity contribution in [1.29, 1.82) is 0 Å². The van der Waals surface area contributed by atoms with Crippen molar-refractivity contribution in [2.24, 2.45) is 0 Å². The molecule has 0 atom stereocenters. The van der Waals surface area contributed by atoms with E-state index in [4.69, 9.17) is 0 Å². The number of pyridine rings is 1. The van der Waals surface area contributed by atoms with Gasteiger partial charge in [-0.05, 0) is 31.0 Å². The Kier molecular flexibility index (Phi) is 6.99. The van der Waals surface area contributed by atoms with E-state index in [0.29, 0.717) is 17.2 Å². The summed E-state index contributed by atoms with van der Waals surface area (Å²) < 4.78 is 57.5. The third-order valence-electron chi connectivity index (χ3n) is 6.02. The maximum atomic E-state index is 14.1. The number of benzene rings is 1. The fourth-order valence-corrected chi connectivity index (χ4v) is 4.33. The molecule has 5 rings (SSSR count). The van der Waals surface area contributed by atoms with Crippen LogP contribution in [0.15, 0.2) is 55.0 Å². The van der Waals surface area contributed by atoms with Gasteiger partial charge in [-0.15, -0.1) is 18.3 Å². The van der Waals surface area contributed by atoms with Gasteiger partial charge in [-0.2, -0.15) is 0 Å². The van der Waals surface area contributed by atoms with Gasteiger partial charge in [0.15, 0.2) is 17.2 Å². The molecule has 4 aromatic rings. The molecule has 198 valence electrons. The molecule has 1 fully saturated rings. The molecule has 1 aromatic carbocycles. The lowest BCUT2D eigenvalue weighted by Gasteiger charge is -2.23. The number of amides is 1. The first-order valence-corrected chi connectivity index (χ1v) is 11.9. The van der Waals surface area contributed by atoms with Gasteiger partial charge in [-0.3, -0.25) is 9.78 Å². The van der Waals surface area contributed by atoms with Gasteiger partial charge in [0.05, 0.1) is 23.8 Å². The zero-order chi connectivity index (χ0) is 26.7. The minimum absolute atomic E-state index is 0.0284. The van der Waals surface area contributed by atoms with Crippen LogP contribution in [0.2, 0.25) is 0 Å². The Morgan fingerprint density at radius 3 is 2.63 bits per heavy atom. The topological polar surface area (TPSA) is 105 Å². The van der Waals surface area contributed by atoms with Crippen LogP contribution in [0.4, 0.5) is 40.4 Å². The number of imidazole rings is 1. The maximum Gasteiger partial charge on any atom is 0.573 e. The first-order chi connectivity index (χ1) is 18.2. The lowest BCUT2D eigenvalue weighted by atomic mass is 9.95. The zero-order valence-electron chi connectivity index (χ0n) is 19.9. The maximum absolute atomic E-state index is 14.1. The standard InChI is InChI=1S/C25H23F4N7O2/c26-18-13-30-10-9-19(18)34-24(37)21-14-31-23-20(32-16-7-4-8-17(11-16)38-25(27,28)29)12-22(35-36(21)23)33-15-5-2-1-3-6-15/h4,7-15,32H,1-3,5-6H2,(H,33,35)(H,30,34,37). The number of hydrogen-bond donors (Lipinski definition) is 3. The average molecular weight is 529 g/mol. The van der Waals surface area contributed by atoms with Crippen molar-refractivity contribution >= 4 is 34.4 Å². The highest BCUT2D eigenvalue weighted by Crippen LogP contribution is 2.30. The number of carbonyl (C=O) groups is 1. The molecule has 38 heavy (non-hydrogen) atoms. The Bertz CT molecular complexity index is 1450. The summed E-state index contributed by atoms with van der Waals surface area (Å²) in [6, 6.07) is 8.54. The molecule has 0 unspecified atom stereocenters. The Hall–Kier alpha value is -4.42. The van der Waals surface area contributed by atoms with Gasteiger partial charge in [0.2, 0.25) is 0 Å². The number of halogens is 4. The molecule has 0 radical (unpaired) electrons. The first kappa shape index (κ1) is 25.2. The van der Waals surface area contributed by atoms with Gasteiger partial charge >= 0.3 is 6.36 Å². The van der Waals surface area contributed by atoms with Gasteiger partial charge in [-0.1, -0.05) is 25.3 Å². The molecule has 0 saturated heterocycles. The summed E-state index contributed by atoms with van der Waals surface area (Å²) in [6.07, 6.45) is 4.00. The molecule has 9 nitrogen and oxygen atoms in total. The smallest absolute Gasteiger partial charge is 0.406 e. The van der Waals surface area contributed by atoms with E-state index in [1.54, 1.807) is 12.1 Å². The summed E-state index contributed by atoms with van der Waals surface area (Å²) in [5.41, 5.74) is 0.895. The first-order valence-electron chi connectivity index (χ1n) is 11.9. The van der Waals surface area contributed by atoms with Gasteiger partial charge in [-0.25, -0.2) is 13.9 Å². The number of anilines is 4. The van der Waals surface area contributed by atoms with E-state index >= 15 is 0 Å². The zero-order valence-corrected chi connectivity index (χ0v) is 19.9. The van der Waals surface area contributed by atoms with Crippen LogP contribution in [0.5, 0.6) is 5.75 Å². The van der Waals surface area contributed by atoms with Crippen LogP contribution in [0.3, 0.4) is 0 Å². The minimum Gasteiger partial charge on any atom is -0.406 e. The third kappa shape index (κ3) is 5.93. The molecular weight excluding hydrogens is 506 g/mol. The molecule has 13 heteroatoms. The second-order valence-corrected chi connectivity index (χ2v) is 8.81. The lowest BCUT2D eigenvalue weighted by molar-refractivity contribution is -0.274. The predicted molar refractivity (Wildman–Crippen MR) is 132 cm³/mol. The number of fused-ring (bicyclic) bond motifs is 1. The summed E-state index contributed by atoms with van der Waals surface area (Å²) in [5, 5.41) is 13.5. The fraction of sp³-hybridized carbons (Fsp3) is 0.280. The molecular formula is C25H23F4N7O2. The summed E-state index contributed by atoms with van der Waals surface area (Å²) in [7, 11) is 0. The second-order valence-electron chi connectivity index (χ2n) is 8.81. The molecule has 0 spiro atoms. The largest absolute Gasteiger partial charge is 0.573 e. The quantitative estimate of drug-likeness (QED) is 0.256. The van der Waals surface area contributed by atoms with Crippen LogP contribution >= 0.6 is 0 Å². The van der Waals surface area contributed by atoms with E-state index in [0.717, 1.165) is 38.3 Å². The van der Waals surface area contributed by atoms with Crippen LogP contribution in [0.1, 0.15) is 42.6 Å². The molecule has 3 heterocycles.